The highest BCUT2D eigenvalue weighted by Gasteiger charge is 2.07. The molecule has 0 radical (unpaired) electrons. The molecule has 5 heteroatoms. The number of allylic oxidation sites excluding steroid dienone is 1. The molecule has 2 aromatic carbocycles. The predicted octanol–water partition coefficient (Wildman–Crippen LogP) is 4.67. The molecular formula is C23H21NO4. The largest absolute Gasteiger partial charge is 0.497 e. The Bertz CT molecular complexity index is 971. The highest BCUT2D eigenvalue weighted by atomic mass is 16.5. The summed E-state index contributed by atoms with van der Waals surface area (Å²) in [5.41, 5.74) is 2.90. The molecule has 0 aliphatic heterocycles. The van der Waals surface area contributed by atoms with Gasteiger partial charge in [0.25, 0.3) is 0 Å². The Morgan fingerprint density at radius 2 is 1.46 bits per heavy atom. The Balaban J connectivity index is 1.83. The number of ketones is 1. The first-order valence-electron chi connectivity index (χ1n) is 8.70. The molecule has 1 heterocycles. The summed E-state index contributed by atoms with van der Waals surface area (Å²) in [7, 11) is 4.80. The van der Waals surface area contributed by atoms with E-state index in [1.165, 1.54) is 6.08 Å². The molecule has 0 unspecified atom stereocenters. The summed E-state index contributed by atoms with van der Waals surface area (Å²) in [6.45, 7) is 0. The standard InChI is InChI=1S/C23H21NO4/c1-26-19-10-7-16(8-11-19)23(25)12-9-18-5-4-6-22(24-18)17-13-20(27-2)15-21(14-17)28-3/h4-15H,1-3H3. The van der Waals surface area contributed by atoms with Gasteiger partial charge in [0.15, 0.2) is 5.78 Å². The molecule has 0 fully saturated rings. The van der Waals surface area contributed by atoms with Crippen molar-refractivity contribution < 1.29 is 19.0 Å². The number of benzene rings is 2. The molecule has 0 spiro atoms. The maximum Gasteiger partial charge on any atom is 0.185 e. The van der Waals surface area contributed by atoms with Crippen LogP contribution in [0.15, 0.2) is 66.7 Å². The molecule has 5 nitrogen and oxygen atoms in total. The maximum absolute atomic E-state index is 12.4. The first-order chi connectivity index (χ1) is 13.6. The van der Waals surface area contributed by atoms with Crippen LogP contribution in [0.3, 0.4) is 0 Å². The highest BCUT2D eigenvalue weighted by molar-refractivity contribution is 6.06. The van der Waals surface area contributed by atoms with Crippen LogP contribution in [-0.4, -0.2) is 32.1 Å². The summed E-state index contributed by atoms with van der Waals surface area (Å²) in [4.78, 5) is 17.0. The van der Waals surface area contributed by atoms with Crippen LogP contribution in [-0.2, 0) is 0 Å². The van der Waals surface area contributed by atoms with Gasteiger partial charge in [-0.2, -0.15) is 0 Å². The molecule has 0 aliphatic carbocycles. The van der Waals surface area contributed by atoms with E-state index in [0.717, 1.165) is 11.3 Å². The van der Waals surface area contributed by atoms with Crippen molar-refractivity contribution in [1.29, 1.82) is 0 Å². The van der Waals surface area contributed by atoms with Crippen LogP contribution in [0, 0.1) is 0 Å². The van der Waals surface area contributed by atoms with Gasteiger partial charge in [-0.15, -0.1) is 0 Å². The Morgan fingerprint density at radius 1 is 0.821 bits per heavy atom. The summed E-state index contributed by atoms with van der Waals surface area (Å²) in [5.74, 6) is 1.99. The minimum Gasteiger partial charge on any atom is -0.497 e. The number of aromatic nitrogens is 1. The van der Waals surface area contributed by atoms with Crippen molar-refractivity contribution in [2.24, 2.45) is 0 Å². The molecule has 0 aliphatic rings. The summed E-state index contributed by atoms with van der Waals surface area (Å²) in [6, 6.07) is 18.2. The quantitative estimate of drug-likeness (QED) is 0.444. The molecular weight excluding hydrogens is 354 g/mol. The van der Waals surface area contributed by atoms with Gasteiger partial charge in [0.2, 0.25) is 0 Å². The molecule has 0 saturated carbocycles. The lowest BCUT2D eigenvalue weighted by atomic mass is 10.1. The molecule has 1 aromatic heterocycles. The van der Waals surface area contributed by atoms with Gasteiger partial charge >= 0.3 is 0 Å². The third kappa shape index (κ3) is 4.57. The van der Waals surface area contributed by atoms with E-state index in [9.17, 15) is 4.79 Å². The van der Waals surface area contributed by atoms with Crippen molar-refractivity contribution in [3.8, 4) is 28.5 Å². The van der Waals surface area contributed by atoms with Crippen molar-refractivity contribution in [1.82, 2.24) is 4.98 Å². The van der Waals surface area contributed by atoms with Crippen LogP contribution < -0.4 is 14.2 Å². The number of rotatable bonds is 7. The second-order valence-electron chi connectivity index (χ2n) is 5.98. The molecule has 0 bridgehead atoms. The molecule has 0 atom stereocenters. The Morgan fingerprint density at radius 3 is 2.07 bits per heavy atom. The van der Waals surface area contributed by atoms with Gasteiger partial charge in [0.05, 0.1) is 32.7 Å². The van der Waals surface area contributed by atoms with E-state index in [2.05, 4.69) is 4.98 Å². The van der Waals surface area contributed by atoms with Crippen molar-refractivity contribution >= 4 is 11.9 Å². The van der Waals surface area contributed by atoms with Crippen LogP contribution >= 0.6 is 0 Å². The van der Waals surface area contributed by atoms with Crippen LogP contribution in [0.25, 0.3) is 17.3 Å². The molecule has 0 N–H and O–H groups in total. The Labute approximate surface area is 164 Å². The molecule has 3 rings (SSSR count). The van der Waals surface area contributed by atoms with Gasteiger partial charge in [-0.1, -0.05) is 6.07 Å². The monoisotopic (exact) mass is 375 g/mol. The number of pyridine rings is 1. The van der Waals surface area contributed by atoms with E-state index in [-0.39, 0.29) is 5.78 Å². The van der Waals surface area contributed by atoms with Gasteiger partial charge < -0.3 is 14.2 Å². The third-order valence-corrected chi connectivity index (χ3v) is 4.20. The van der Waals surface area contributed by atoms with E-state index < -0.39 is 0 Å². The van der Waals surface area contributed by atoms with E-state index in [4.69, 9.17) is 14.2 Å². The molecule has 28 heavy (non-hydrogen) atoms. The molecule has 3 aromatic rings. The number of carbonyl (C=O) groups excluding carboxylic acids is 1. The van der Waals surface area contributed by atoms with E-state index in [1.807, 2.05) is 30.3 Å². The number of nitrogens with zero attached hydrogens (tertiary/aromatic N) is 1. The second-order valence-corrected chi connectivity index (χ2v) is 5.98. The van der Waals surface area contributed by atoms with Crippen molar-refractivity contribution in [2.45, 2.75) is 0 Å². The zero-order valence-corrected chi connectivity index (χ0v) is 16.0. The van der Waals surface area contributed by atoms with Crippen molar-refractivity contribution in [3.63, 3.8) is 0 Å². The number of hydrogen-bond donors (Lipinski definition) is 0. The predicted molar refractivity (Wildman–Crippen MR) is 109 cm³/mol. The number of methoxy groups -OCH3 is 3. The number of hydrogen-bond acceptors (Lipinski definition) is 5. The minimum absolute atomic E-state index is 0.0992. The lowest BCUT2D eigenvalue weighted by molar-refractivity contribution is 0.104. The summed E-state index contributed by atoms with van der Waals surface area (Å²) >= 11 is 0. The molecule has 142 valence electrons. The maximum atomic E-state index is 12.4. The number of carbonyl (C=O) groups is 1. The minimum atomic E-state index is -0.0992. The smallest absolute Gasteiger partial charge is 0.185 e. The summed E-state index contributed by atoms with van der Waals surface area (Å²) in [6.07, 6.45) is 3.22. The second kappa shape index (κ2) is 8.86. The molecule has 0 saturated heterocycles. The highest BCUT2D eigenvalue weighted by Crippen LogP contribution is 2.28. The van der Waals surface area contributed by atoms with Crippen molar-refractivity contribution in [3.05, 3.63) is 78.0 Å². The molecule has 0 amide bonds. The lowest BCUT2D eigenvalue weighted by Crippen LogP contribution is -1.95. The Kier molecular flexibility index (Phi) is 6.07. The normalized spacial score (nSPS) is 10.7. The third-order valence-electron chi connectivity index (χ3n) is 4.20. The lowest BCUT2D eigenvalue weighted by Gasteiger charge is -2.08. The zero-order valence-electron chi connectivity index (χ0n) is 16.0. The first kappa shape index (κ1) is 19.2. The van der Waals surface area contributed by atoms with Crippen LogP contribution in [0.5, 0.6) is 17.2 Å². The van der Waals surface area contributed by atoms with Gasteiger partial charge in [-0.25, -0.2) is 4.98 Å². The van der Waals surface area contributed by atoms with E-state index in [0.29, 0.717) is 28.5 Å². The van der Waals surface area contributed by atoms with Crippen LogP contribution in [0.2, 0.25) is 0 Å². The first-order valence-corrected chi connectivity index (χ1v) is 8.70. The topological polar surface area (TPSA) is 57.7 Å². The van der Waals surface area contributed by atoms with Crippen LogP contribution in [0.4, 0.5) is 0 Å². The fourth-order valence-electron chi connectivity index (χ4n) is 2.67. The fraction of sp³-hybridized carbons (Fsp3) is 0.130. The van der Waals surface area contributed by atoms with Gasteiger partial charge in [0, 0.05) is 17.2 Å². The SMILES string of the molecule is COc1ccc(C(=O)C=Cc2cccc(-c3cc(OC)cc(OC)c3)n2)cc1. The fourth-order valence-corrected chi connectivity index (χ4v) is 2.67. The average molecular weight is 375 g/mol. The Hall–Kier alpha value is -3.60. The van der Waals surface area contributed by atoms with Gasteiger partial charge in [-0.05, 0) is 60.7 Å². The van der Waals surface area contributed by atoms with E-state index in [1.54, 1.807) is 57.7 Å². The summed E-state index contributed by atoms with van der Waals surface area (Å²) in [5, 5.41) is 0. The van der Waals surface area contributed by atoms with Gasteiger partial charge in [-0.3, -0.25) is 4.79 Å². The number of ether oxygens (including phenoxy) is 3. The van der Waals surface area contributed by atoms with Crippen LogP contribution in [0.1, 0.15) is 16.1 Å². The van der Waals surface area contributed by atoms with Gasteiger partial charge in [0.1, 0.15) is 17.2 Å². The summed E-state index contributed by atoms with van der Waals surface area (Å²) < 4.78 is 15.7. The average Bonchev–Trinajstić information content (AvgIpc) is 2.77. The zero-order chi connectivity index (χ0) is 19.9. The van der Waals surface area contributed by atoms with Crippen molar-refractivity contribution in [2.75, 3.05) is 21.3 Å². The van der Waals surface area contributed by atoms with E-state index >= 15 is 0 Å².